The van der Waals surface area contributed by atoms with E-state index in [1.54, 1.807) is 6.07 Å². The first-order chi connectivity index (χ1) is 11.5. The maximum absolute atomic E-state index is 12.2. The van der Waals surface area contributed by atoms with Gasteiger partial charge in [-0.3, -0.25) is 4.79 Å². The van der Waals surface area contributed by atoms with E-state index in [0.717, 1.165) is 22.6 Å². The van der Waals surface area contributed by atoms with Gasteiger partial charge in [0, 0.05) is 17.2 Å². The fraction of sp³-hybridized carbons (Fsp3) is 0.350. The van der Waals surface area contributed by atoms with Crippen LogP contribution in [0.25, 0.3) is 0 Å². The summed E-state index contributed by atoms with van der Waals surface area (Å²) in [5.74, 6) is 1.48. The van der Waals surface area contributed by atoms with Gasteiger partial charge >= 0.3 is 0 Å². The van der Waals surface area contributed by atoms with E-state index in [4.69, 9.17) is 9.47 Å². The normalized spacial score (nSPS) is 10.5. The van der Waals surface area contributed by atoms with Crippen molar-refractivity contribution in [1.29, 1.82) is 0 Å². The van der Waals surface area contributed by atoms with Crippen LogP contribution in [0.5, 0.6) is 11.5 Å². The second-order valence-electron chi connectivity index (χ2n) is 5.94. The van der Waals surface area contributed by atoms with Crippen LogP contribution in [-0.2, 0) is 6.61 Å². The lowest BCUT2D eigenvalue weighted by Gasteiger charge is -2.15. The summed E-state index contributed by atoms with van der Waals surface area (Å²) in [5, 5.41) is 2.90. The Morgan fingerprint density at radius 1 is 1.08 bits per heavy atom. The average Bonchev–Trinajstić information content (AvgIpc) is 2.54. The molecule has 4 heteroatoms. The number of ether oxygens (including phenoxy) is 2. The van der Waals surface area contributed by atoms with Gasteiger partial charge in [-0.2, -0.15) is 0 Å². The molecule has 128 valence electrons. The predicted octanol–water partition coefficient (Wildman–Crippen LogP) is 4.11. The van der Waals surface area contributed by atoms with Gasteiger partial charge in [0.1, 0.15) is 18.1 Å². The molecule has 4 nitrogen and oxygen atoms in total. The Morgan fingerprint density at radius 3 is 2.50 bits per heavy atom. The minimum Gasteiger partial charge on any atom is -0.493 e. The van der Waals surface area contributed by atoms with Gasteiger partial charge in [-0.25, -0.2) is 0 Å². The molecule has 0 atom stereocenters. The van der Waals surface area contributed by atoms with Crippen LogP contribution in [0.3, 0.4) is 0 Å². The Bertz CT molecular complexity index is 695. The third kappa shape index (κ3) is 4.75. The van der Waals surface area contributed by atoms with Crippen molar-refractivity contribution in [1.82, 2.24) is 5.32 Å². The highest BCUT2D eigenvalue weighted by Crippen LogP contribution is 2.24. The Balaban J connectivity index is 2.21. The van der Waals surface area contributed by atoms with Crippen molar-refractivity contribution >= 4 is 5.91 Å². The molecule has 0 saturated carbocycles. The van der Waals surface area contributed by atoms with Gasteiger partial charge in [0.15, 0.2) is 0 Å². The number of hydrogen-bond donors (Lipinski definition) is 1. The molecule has 0 unspecified atom stereocenters. The van der Waals surface area contributed by atoms with Crippen molar-refractivity contribution in [2.45, 2.75) is 40.3 Å². The molecule has 0 spiro atoms. The number of para-hydroxylation sites is 1. The highest BCUT2D eigenvalue weighted by atomic mass is 16.5. The van der Waals surface area contributed by atoms with Gasteiger partial charge in [0.2, 0.25) is 0 Å². The number of aryl methyl sites for hydroxylation is 1. The molecule has 1 N–H and O–H groups in total. The molecule has 0 heterocycles. The van der Waals surface area contributed by atoms with Crippen LogP contribution in [0.4, 0.5) is 0 Å². The van der Waals surface area contributed by atoms with Crippen molar-refractivity contribution in [3.8, 4) is 11.5 Å². The molecule has 2 aromatic rings. The molecule has 0 bridgehead atoms. The third-order valence-corrected chi connectivity index (χ3v) is 3.52. The van der Waals surface area contributed by atoms with Crippen LogP contribution in [0, 0.1) is 6.92 Å². The first kappa shape index (κ1) is 17.9. The quantitative estimate of drug-likeness (QED) is 0.832. The van der Waals surface area contributed by atoms with E-state index in [1.807, 2.05) is 64.1 Å². The van der Waals surface area contributed by atoms with E-state index in [9.17, 15) is 4.79 Å². The van der Waals surface area contributed by atoms with Crippen LogP contribution in [0.1, 0.15) is 42.3 Å². The second kappa shape index (κ2) is 8.39. The van der Waals surface area contributed by atoms with Crippen LogP contribution in [0.15, 0.2) is 42.5 Å². The molecule has 2 rings (SSSR count). The maximum atomic E-state index is 12.2. The first-order valence-corrected chi connectivity index (χ1v) is 8.26. The summed E-state index contributed by atoms with van der Waals surface area (Å²) in [7, 11) is 0. The standard InChI is InChI=1S/C20H25NO3/c1-5-23-19-11-10-16(20(22)21-14(2)3)12-17(19)13-24-18-9-7-6-8-15(18)4/h6-12,14H,5,13H2,1-4H3,(H,21,22). The zero-order valence-electron chi connectivity index (χ0n) is 14.8. The molecule has 0 radical (unpaired) electrons. The first-order valence-electron chi connectivity index (χ1n) is 8.26. The minimum absolute atomic E-state index is 0.0924. The van der Waals surface area contributed by atoms with E-state index < -0.39 is 0 Å². The Kier molecular flexibility index (Phi) is 6.24. The van der Waals surface area contributed by atoms with Crippen molar-refractivity contribution in [2.75, 3.05) is 6.61 Å². The summed E-state index contributed by atoms with van der Waals surface area (Å²) in [6.07, 6.45) is 0. The van der Waals surface area contributed by atoms with Crippen LogP contribution in [0.2, 0.25) is 0 Å². The molecule has 24 heavy (non-hydrogen) atoms. The van der Waals surface area contributed by atoms with Crippen molar-refractivity contribution in [2.24, 2.45) is 0 Å². The number of benzene rings is 2. The number of nitrogens with one attached hydrogen (secondary N) is 1. The number of rotatable bonds is 7. The highest BCUT2D eigenvalue weighted by molar-refractivity contribution is 5.94. The highest BCUT2D eigenvalue weighted by Gasteiger charge is 2.12. The SMILES string of the molecule is CCOc1ccc(C(=O)NC(C)C)cc1COc1ccccc1C. The van der Waals surface area contributed by atoms with Crippen molar-refractivity contribution in [3.05, 3.63) is 59.2 Å². The summed E-state index contributed by atoms with van der Waals surface area (Å²) < 4.78 is 11.6. The Labute approximate surface area is 143 Å². The molecule has 0 aliphatic rings. The van der Waals surface area contributed by atoms with Gasteiger partial charge in [-0.15, -0.1) is 0 Å². The second-order valence-corrected chi connectivity index (χ2v) is 5.94. The topological polar surface area (TPSA) is 47.6 Å². The van der Waals surface area contributed by atoms with Gasteiger partial charge < -0.3 is 14.8 Å². The Morgan fingerprint density at radius 2 is 1.83 bits per heavy atom. The Hall–Kier alpha value is -2.49. The smallest absolute Gasteiger partial charge is 0.251 e. The average molecular weight is 327 g/mol. The van der Waals surface area contributed by atoms with Gasteiger partial charge in [0.05, 0.1) is 6.61 Å². The molecular formula is C20H25NO3. The van der Waals surface area contributed by atoms with E-state index in [2.05, 4.69) is 5.32 Å². The van der Waals surface area contributed by atoms with E-state index in [0.29, 0.717) is 18.8 Å². The number of carbonyl (C=O) groups excluding carboxylic acids is 1. The van der Waals surface area contributed by atoms with Crippen LogP contribution >= 0.6 is 0 Å². The number of carbonyl (C=O) groups is 1. The molecule has 0 fully saturated rings. The summed E-state index contributed by atoms with van der Waals surface area (Å²) in [4.78, 5) is 12.2. The van der Waals surface area contributed by atoms with Gasteiger partial charge in [-0.1, -0.05) is 18.2 Å². The van der Waals surface area contributed by atoms with E-state index >= 15 is 0 Å². The molecule has 2 aromatic carbocycles. The van der Waals surface area contributed by atoms with E-state index in [1.165, 1.54) is 0 Å². The summed E-state index contributed by atoms with van der Waals surface area (Å²) in [6.45, 7) is 8.73. The lowest BCUT2D eigenvalue weighted by molar-refractivity contribution is 0.0943. The van der Waals surface area contributed by atoms with Gasteiger partial charge in [0.25, 0.3) is 5.91 Å². The molecule has 0 aliphatic carbocycles. The number of amides is 1. The van der Waals surface area contributed by atoms with Crippen molar-refractivity contribution in [3.63, 3.8) is 0 Å². The van der Waals surface area contributed by atoms with E-state index in [-0.39, 0.29) is 11.9 Å². The zero-order chi connectivity index (χ0) is 17.5. The monoisotopic (exact) mass is 327 g/mol. The minimum atomic E-state index is -0.0924. The summed E-state index contributed by atoms with van der Waals surface area (Å²) in [6, 6.07) is 13.4. The lowest BCUT2D eigenvalue weighted by atomic mass is 10.1. The molecule has 0 saturated heterocycles. The van der Waals surface area contributed by atoms with Crippen molar-refractivity contribution < 1.29 is 14.3 Å². The maximum Gasteiger partial charge on any atom is 0.251 e. The largest absolute Gasteiger partial charge is 0.493 e. The predicted molar refractivity (Wildman–Crippen MR) is 95.7 cm³/mol. The molecule has 1 amide bonds. The zero-order valence-corrected chi connectivity index (χ0v) is 14.8. The third-order valence-electron chi connectivity index (χ3n) is 3.52. The fourth-order valence-electron chi connectivity index (χ4n) is 2.35. The number of hydrogen-bond acceptors (Lipinski definition) is 3. The van der Waals surface area contributed by atoms with Gasteiger partial charge in [-0.05, 0) is 57.5 Å². The fourth-order valence-corrected chi connectivity index (χ4v) is 2.35. The molecule has 0 aromatic heterocycles. The lowest BCUT2D eigenvalue weighted by Crippen LogP contribution is -2.30. The molecule has 0 aliphatic heterocycles. The van der Waals surface area contributed by atoms with Crippen LogP contribution in [-0.4, -0.2) is 18.6 Å². The summed E-state index contributed by atoms with van der Waals surface area (Å²) in [5.41, 5.74) is 2.54. The summed E-state index contributed by atoms with van der Waals surface area (Å²) >= 11 is 0. The molecular weight excluding hydrogens is 302 g/mol. The van der Waals surface area contributed by atoms with Crippen LogP contribution < -0.4 is 14.8 Å².